The lowest BCUT2D eigenvalue weighted by atomic mass is 10.1. The van der Waals surface area contributed by atoms with Gasteiger partial charge in [0.2, 0.25) is 6.10 Å². The van der Waals surface area contributed by atoms with E-state index in [1.54, 1.807) is 86.6 Å². The van der Waals surface area contributed by atoms with Crippen molar-refractivity contribution in [1.82, 2.24) is 0 Å². The summed E-state index contributed by atoms with van der Waals surface area (Å²) in [5, 5.41) is 1.02. The van der Waals surface area contributed by atoms with E-state index >= 15 is 0 Å². The number of ether oxygens (including phenoxy) is 4. The number of nitrogens with zero attached hydrogens (tertiary/aromatic N) is 1. The van der Waals surface area contributed by atoms with Gasteiger partial charge < -0.3 is 18.9 Å². The van der Waals surface area contributed by atoms with E-state index < -0.39 is 34.6 Å². The molecule has 0 saturated heterocycles. The molecule has 0 bridgehead atoms. The molecule has 232 valence electrons. The SMILES string of the molecule is COC(=O)CN(c1ccc(OC(C(=O)OC)c2ccc(OC(C)C)cc2)c2ccccc12)S(=O)(=O)c1c(C)cc(C)cc1C. The molecule has 4 aromatic rings. The Morgan fingerprint density at radius 2 is 1.41 bits per heavy atom. The maximum absolute atomic E-state index is 14.3. The highest BCUT2D eigenvalue weighted by molar-refractivity contribution is 7.93. The van der Waals surface area contributed by atoms with Crippen LogP contribution in [0.2, 0.25) is 0 Å². The maximum atomic E-state index is 14.3. The molecular formula is C34H37NO8S. The van der Waals surface area contributed by atoms with Gasteiger partial charge in [0.25, 0.3) is 10.0 Å². The number of anilines is 1. The molecule has 1 atom stereocenters. The van der Waals surface area contributed by atoms with E-state index in [1.807, 2.05) is 20.8 Å². The number of carbonyl (C=O) groups excluding carboxylic acids is 2. The fraction of sp³-hybridized carbons (Fsp3) is 0.294. The first-order chi connectivity index (χ1) is 20.9. The molecule has 0 saturated carbocycles. The third kappa shape index (κ3) is 6.81. The maximum Gasteiger partial charge on any atom is 0.351 e. The third-order valence-electron chi connectivity index (χ3n) is 7.00. The number of aryl methyl sites for hydroxylation is 3. The summed E-state index contributed by atoms with van der Waals surface area (Å²) >= 11 is 0. The van der Waals surface area contributed by atoms with Gasteiger partial charge >= 0.3 is 11.9 Å². The van der Waals surface area contributed by atoms with Crippen molar-refractivity contribution in [3.8, 4) is 11.5 Å². The van der Waals surface area contributed by atoms with Gasteiger partial charge in [0.15, 0.2) is 0 Å². The molecule has 9 nitrogen and oxygen atoms in total. The zero-order valence-electron chi connectivity index (χ0n) is 25.9. The molecule has 4 aromatic carbocycles. The van der Waals surface area contributed by atoms with E-state index in [-0.39, 0.29) is 16.7 Å². The van der Waals surface area contributed by atoms with Gasteiger partial charge in [-0.1, -0.05) is 54.1 Å². The normalized spacial score (nSPS) is 12.1. The second kappa shape index (κ2) is 13.4. The first-order valence-electron chi connectivity index (χ1n) is 14.1. The summed E-state index contributed by atoms with van der Waals surface area (Å²) in [6, 6.07) is 20.7. The number of carbonyl (C=O) groups is 2. The van der Waals surface area contributed by atoms with Crippen LogP contribution in [0.4, 0.5) is 5.69 Å². The van der Waals surface area contributed by atoms with E-state index in [1.165, 1.54) is 14.2 Å². The summed E-state index contributed by atoms with van der Waals surface area (Å²) in [7, 11) is -1.75. The summed E-state index contributed by atoms with van der Waals surface area (Å²) in [6.07, 6.45) is -1.13. The molecule has 0 aliphatic heterocycles. The van der Waals surface area contributed by atoms with E-state index in [2.05, 4.69) is 0 Å². The second-order valence-corrected chi connectivity index (χ2v) is 12.5. The summed E-state index contributed by atoms with van der Waals surface area (Å²) < 4.78 is 51.5. The fourth-order valence-corrected chi connectivity index (χ4v) is 7.07. The largest absolute Gasteiger partial charge is 0.491 e. The van der Waals surface area contributed by atoms with E-state index in [4.69, 9.17) is 18.9 Å². The molecule has 0 aromatic heterocycles. The average molecular weight is 620 g/mol. The van der Waals surface area contributed by atoms with Gasteiger partial charge in [-0.2, -0.15) is 0 Å². The lowest BCUT2D eigenvalue weighted by Gasteiger charge is -2.27. The topological polar surface area (TPSA) is 108 Å². The molecule has 0 heterocycles. The first kappa shape index (κ1) is 32.3. The van der Waals surface area contributed by atoms with Gasteiger partial charge in [-0.05, 0) is 70.0 Å². The quantitative estimate of drug-likeness (QED) is 0.182. The number of rotatable bonds is 11. The lowest BCUT2D eigenvalue weighted by Crippen LogP contribution is -2.37. The Balaban J connectivity index is 1.84. The van der Waals surface area contributed by atoms with Crippen LogP contribution in [-0.4, -0.2) is 47.2 Å². The Labute approximate surface area is 258 Å². The van der Waals surface area contributed by atoms with Crippen molar-refractivity contribution >= 4 is 38.4 Å². The molecule has 0 spiro atoms. The van der Waals surface area contributed by atoms with Gasteiger partial charge in [-0.25, -0.2) is 13.2 Å². The van der Waals surface area contributed by atoms with Crippen LogP contribution >= 0.6 is 0 Å². The minimum atomic E-state index is -4.23. The second-order valence-electron chi connectivity index (χ2n) is 10.7. The summed E-state index contributed by atoms with van der Waals surface area (Å²) in [6.45, 7) is 8.64. The summed E-state index contributed by atoms with van der Waals surface area (Å²) in [4.78, 5) is 25.6. The molecule has 0 radical (unpaired) electrons. The van der Waals surface area contributed by atoms with Crippen molar-refractivity contribution in [3.05, 3.63) is 95.1 Å². The number of hydrogen-bond acceptors (Lipinski definition) is 8. The van der Waals surface area contributed by atoms with Gasteiger partial charge in [0.1, 0.15) is 18.0 Å². The van der Waals surface area contributed by atoms with Crippen molar-refractivity contribution in [2.75, 3.05) is 25.1 Å². The van der Waals surface area contributed by atoms with Crippen LogP contribution in [0.25, 0.3) is 10.8 Å². The number of methoxy groups -OCH3 is 2. The molecule has 0 amide bonds. The van der Waals surface area contributed by atoms with Gasteiger partial charge in [0, 0.05) is 16.3 Å². The molecule has 0 N–H and O–H groups in total. The number of fused-ring (bicyclic) bond motifs is 1. The van der Waals surface area contributed by atoms with Crippen molar-refractivity contribution < 1.29 is 37.0 Å². The van der Waals surface area contributed by atoms with E-state index in [0.29, 0.717) is 39.0 Å². The Morgan fingerprint density at radius 1 is 0.795 bits per heavy atom. The highest BCUT2D eigenvalue weighted by Gasteiger charge is 2.32. The Hall–Kier alpha value is -4.57. The van der Waals surface area contributed by atoms with Crippen molar-refractivity contribution in [3.63, 3.8) is 0 Å². The van der Waals surface area contributed by atoms with Gasteiger partial charge in [-0.3, -0.25) is 9.10 Å². The Bertz CT molecular complexity index is 1760. The van der Waals surface area contributed by atoms with E-state index in [0.717, 1.165) is 9.87 Å². The summed E-state index contributed by atoms with van der Waals surface area (Å²) in [5.74, 6) is -0.375. The van der Waals surface area contributed by atoms with Crippen molar-refractivity contribution in [1.29, 1.82) is 0 Å². The van der Waals surface area contributed by atoms with Crippen LogP contribution in [0.15, 0.2) is 77.7 Å². The highest BCUT2D eigenvalue weighted by atomic mass is 32.2. The minimum absolute atomic E-state index is 0.0141. The van der Waals surface area contributed by atoms with Crippen molar-refractivity contribution in [2.24, 2.45) is 0 Å². The molecule has 4 rings (SSSR count). The van der Waals surface area contributed by atoms with Crippen molar-refractivity contribution in [2.45, 2.75) is 51.7 Å². The molecule has 0 fully saturated rings. The third-order valence-corrected chi connectivity index (χ3v) is 9.06. The summed E-state index contributed by atoms with van der Waals surface area (Å²) in [5.41, 5.74) is 2.84. The average Bonchev–Trinajstić information content (AvgIpc) is 2.97. The van der Waals surface area contributed by atoms with Crippen LogP contribution in [0.3, 0.4) is 0 Å². The smallest absolute Gasteiger partial charge is 0.351 e. The minimum Gasteiger partial charge on any atom is -0.491 e. The van der Waals surface area contributed by atoms with Crippen LogP contribution in [0, 0.1) is 20.8 Å². The van der Waals surface area contributed by atoms with Gasteiger partial charge in [-0.15, -0.1) is 0 Å². The van der Waals surface area contributed by atoms with Crippen LogP contribution in [0.1, 0.15) is 42.2 Å². The molecule has 44 heavy (non-hydrogen) atoms. The van der Waals surface area contributed by atoms with Crippen LogP contribution in [-0.2, 0) is 29.1 Å². The lowest BCUT2D eigenvalue weighted by molar-refractivity contribution is -0.149. The standard InChI is InChI=1S/C34H37NO8S/c1-21(2)42-26-14-12-25(13-15-26)32(34(37)41-7)43-30-17-16-29(27-10-8-9-11-28(27)30)35(20-31(36)40-6)44(38,39)33-23(4)18-22(3)19-24(33)5/h8-19,21,32H,20H2,1-7H3. The number of hydrogen-bond donors (Lipinski definition) is 0. The number of benzene rings is 4. The van der Waals surface area contributed by atoms with E-state index in [9.17, 15) is 18.0 Å². The zero-order valence-corrected chi connectivity index (χ0v) is 26.7. The molecule has 0 aliphatic rings. The van der Waals surface area contributed by atoms with Gasteiger partial charge in [0.05, 0.1) is 30.9 Å². The predicted molar refractivity (Wildman–Crippen MR) is 169 cm³/mol. The molecular weight excluding hydrogens is 582 g/mol. The predicted octanol–water partition coefficient (Wildman–Crippen LogP) is 6.21. The Kier molecular flexibility index (Phi) is 9.84. The Morgan fingerprint density at radius 3 is 1.98 bits per heavy atom. The molecule has 1 unspecified atom stereocenters. The monoisotopic (exact) mass is 619 g/mol. The van der Waals surface area contributed by atoms with Crippen LogP contribution in [0.5, 0.6) is 11.5 Å². The zero-order chi connectivity index (χ0) is 32.2. The number of esters is 2. The number of sulfonamides is 1. The fourth-order valence-electron chi connectivity index (χ4n) is 5.22. The first-order valence-corrected chi connectivity index (χ1v) is 15.5. The molecule has 10 heteroatoms. The highest BCUT2D eigenvalue weighted by Crippen LogP contribution is 2.39. The van der Waals surface area contributed by atoms with Crippen LogP contribution < -0.4 is 13.8 Å². The molecule has 0 aliphatic carbocycles.